The molecule has 2 heterocycles. The van der Waals surface area contributed by atoms with Crippen LogP contribution in [-0.2, 0) is 6.42 Å². The van der Waals surface area contributed by atoms with Crippen molar-refractivity contribution in [3.05, 3.63) is 132 Å². The van der Waals surface area contributed by atoms with E-state index in [1.807, 2.05) is 30.3 Å². The molecule has 0 radical (unpaired) electrons. The zero-order chi connectivity index (χ0) is 29.6. The normalized spacial score (nSPS) is 14.7. The van der Waals surface area contributed by atoms with Crippen molar-refractivity contribution in [2.75, 3.05) is 39.2 Å². The summed E-state index contributed by atoms with van der Waals surface area (Å²) in [6.45, 7) is 2.02. The van der Waals surface area contributed by atoms with E-state index >= 15 is 0 Å². The molecule has 218 valence electrons. The highest BCUT2D eigenvalue weighted by Gasteiger charge is 2.36. The lowest BCUT2D eigenvalue weighted by molar-refractivity contribution is 0.169. The van der Waals surface area contributed by atoms with Gasteiger partial charge >= 0.3 is 6.03 Å². The molecule has 0 spiro atoms. The van der Waals surface area contributed by atoms with Gasteiger partial charge in [-0.2, -0.15) is 0 Å². The number of ether oxygens (including phenoxy) is 2. The number of anilines is 1. The van der Waals surface area contributed by atoms with Gasteiger partial charge in [-0.05, 0) is 52.9 Å². The average Bonchev–Trinajstić information content (AvgIpc) is 3.06. The van der Waals surface area contributed by atoms with E-state index in [-0.39, 0.29) is 18.0 Å². The number of para-hydroxylation sites is 1. The Morgan fingerprint density at radius 3 is 2.23 bits per heavy atom. The molecule has 1 atom stereocenters. The van der Waals surface area contributed by atoms with Crippen molar-refractivity contribution in [1.82, 2.24) is 15.2 Å². The van der Waals surface area contributed by atoms with Crippen LogP contribution in [0.2, 0.25) is 0 Å². The van der Waals surface area contributed by atoms with Crippen LogP contribution in [0.15, 0.2) is 109 Å². The molecule has 6 rings (SSSR count). The second-order valence-corrected chi connectivity index (χ2v) is 10.7. The first kappa shape index (κ1) is 28.2. The second-order valence-electron chi connectivity index (χ2n) is 10.7. The van der Waals surface area contributed by atoms with Crippen molar-refractivity contribution in [2.45, 2.75) is 18.4 Å². The van der Waals surface area contributed by atoms with Crippen LogP contribution in [-0.4, -0.2) is 49.8 Å². The summed E-state index contributed by atoms with van der Waals surface area (Å²) in [5.74, 6) is 1.53. The number of benzene rings is 4. The van der Waals surface area contributed by atoms with E-state index in [9.17, 15) is 4.79 Å². The zero-order valence-corrected chi connectivity index (χ0v) is 24.5. The lowest BCUT2D eigenvalue weighted by atomic mass is 9.77. The van der Waals surface area contributed by atoms with Crippen LogP contribution < -0.4 is 20.1 Å². The largest absolute Gasteiger partial charge is 0.493 e. The Balaban J connectivity index is 1.29. The summed E-state index contributed by atoms with van der Waals surface area (Å²) >= 11 is 0. The lowest BCUT2D eigenvalue weighted by Crippen LogP contribution is -2.43. The third kappa shape index (κ3) is 6.03. The van der Waals surface area contributed by atoms with E-state index < -0.39 is 0 Å². The number of fused-ring (bicyclic) bond motifs is 2. The molecule has 7 heteroatoms. The SMILES string of the molecule is COc1cc2c(cc1OC)C(C(c1ccccc1)c1ccccc1)N(CCNC(=O)Nc1ccnc3ccccc13)CC2. The maximum atomic E-state index is 13.0. The first-order valence-electron chi connectivity index (χ1n) is 14.6. The predicted octanol–water partition coefficient (Wildman–Crippen LogP) is 6.81. The molecule has 0 bridgehead atoms. The zero-order valence-electron chi connectivity index (χ0n) is 24.5. The Morgan fingerprint density at radius 2 is 1.53 bits per heavy atom. The highest BCUT2D eigenvalue weighted by molar-refractivity contribution is 6.00. The maximum absolute atomic E-state index is 13.0. The lowest BCUT2D eigenvalue weighted by Gasteiger charge is -2.42. The van der Waals surface area contributed by atoms with Crippen molar-refractivity contribution in [2.24, 2.45) is 0 Å². The molecule has 2 N–H and O–H groups in total. The van der Waals surface area contributed by atoms with Crippen LogP contribution in [0, 0.1) is 0 Å². The smallest absolute Gasteiger partial charge is 0.319 e. The molecule has 2 amide bonds. The molecule has 7 nitrogen and oxygen atoms in total. The molecular weight excluding hydrogens is 536 g/mol. The molecule has 0 fully saturated rings. The highest BCUT2D eigenvalue weighted by Crippen LogP contribution is 2.46. The number of carbonyl (C=O) groups is 1. The number of rotatable bonds is 9. The summed E-state index contributed by atoms with van der Waals surface area (Å²) < 4.78 is 11.4. The number of urea groups is 1. The molecule has 4 aromatic carbocycles. The Labute approximate surface area is 252 Å². The van der Waals surface area contributed by atoms with Crippen LogP contribution in [0.25, 0.3) is 10.9 Å². The first-order valence-corrected chi connectivity index (χ1v) is 14.6. The summed E-state index contributed by atoms with van der Waals surface area (Å²) in [4.78, 5) is 19.9. The number of aromatic nitrogens is 1. The summed E-state index contributed by atoms with van der Waals surface area (Å²) in [5.41, 5.74) is 6.53. The van der Waals surface area contributed by atoms with E-state index in [1.165, 1.54) is 22.3 Å². The first-order chi connectivity index (χ1) is 21.2. The predicted molar refractivity (Wildman–Crippen MR) is 171 cm³/mol. The van der Waals surface area contributed by atoms with Crippen LogP contribution in [0.3, 0.4) is 0 Å². The summed E-state index contributed by atoms with van der Waals surface area (Å²) in [6, 6.07) is 35.0. The molecule has 0 saturated heterocycles. The van der Waals surface area contributed by atoms with Gasteiger partial charge in [-0.15, -0.1) is 0 Å². The third-order valence-electron chi connectivity index (χ3n) is 8.24. The quantitative estimate of drug-likeness (QED) is 0.203. The van der Waals surface area contributed by atoms with E-state index in [2.05, 4.69) is 93.3 Å². The number of methoxy groups -OCH3 is 2. The summed E-state index contributed by atoms with van der Waals surface area (Å²) in [6.07, 6.45) is 2.59. The number of nitrogens with one attached hydrogen (secondary N) is 2. The van der Waals surface area contributed by atoms with Gasteiger partial charge in [0.25, 0.3) is 0 Å². The van der Waals surface area contributed by atoms with Crippen molar-refractivity contribution < 1.29 is 14.3 Å². The third-order valence-corrected chi connectivity index (χ3v) is 8.24. The van der Waals surface area contributed by atoms with Gasteiger partial charge in [-0.3, -0.25) is 9.88 Å². The minimum absolute atomic E-state index is 0.0161. The molecule has 0 saturated carbocycles. The molecule has 1 aliphatic heterocycles. The average molecular weight is 573 g/mol. The van der Waals surface area contributed by atoms with Crippen molar-refractivity contribution in [3.63, 3.8) is 0 Å². The Hall–Kier alpha value is -4.88. The van der Waals surface area contributed by atoms with E-state index in [4.69, 9.17) is 9.47 Å². The summed E-state index contributed by atoms with van der Waals surface area (Å²) in [7, 11) is 3.36. The Morgan fingerprint density at radius 1 is 0.884 bits per heavy atom. The highest BCUT2D eigenvalue weighted by atomic mass is 16.5. The van der Waals surface area contributed by atoms with Crippen molar-refractivity contribution in [1.29, 1.82) is 0 Å². The van der Waals surface area contributed by atoms with Gasteiger partial charge < -0.3 is 20.1 Å². The number of amides is 2. The molecule has 0 aliphatic carbocycles. The minimum Gasteiger partial charge on any atom is -0.493 e. The van der Waals surface area contributed by atoms with Gasteiger partial charge in [0.2, 0.25) is 0 Å². The molecule has 1 aliphatic rings. The van der Waals surface area contributed by atoms with Gasteiger partial charge in [-0.25, -0.2) is 4.79 Å². The van der Waals surface area contributed by atoms with Gasteiger partial charge in [0.1, 0.15) is 0 Å². The number of hydrogen-bond donors (Lipinski definition) is 2. The Kier molecular flexibility index (Phi) is 8.52. The van der Waals surface area contributed by atoms with Gasteiger partial charge in [0.05, 0.1) is 25.4 Å². The van der Waals surface area contributed by atoms with Crippen LogP contribution in [0.1, 0.15) is 34.2 Å². The number of carbonyl (C=O) groups excluding carboxylic acids is 1. The van der Waals surface area contributed by atoms with E-state index in [1.54, 1.807) is 20.4 Å². The summed E-state index contributed by atoms with van der Waals surface area (Å²) in [5, 5.41) is 7.01. The Bertz CT molecular complexity index is 1650. The monoisotopic (exact) mass is 572 g/mol. The topological polar surface area (TPSA) is 75.7 Å². The van der Waals surface area contributed by atoms with Crippen molar-refractivity contribution >= 4 is 22.6 Å². The fraction of sp³-hybridized carbons (Fsp3) is 0.222. The fourth-order valence-corrected chi connectivity index (χ4v) is 6.23. The number of pyridine rings is 1. The van der Waals surface area contributed by atoms with Crippen LogP contribution >= 0.6 is 0 Å². The van der Waals surface area contributed by atoms with Gasteiger partial charge in [0, 0.05) is 43.2 Å². The number of hydrogen-bond acceptors (Lipinski definition) is 5. The van der Waals surface area contributed by atoms with E-state index in [0.717, 1.165) is 41.1 Å². The second kappa shape index (κ2) is 13.0. The van der Waals surface area contributed by atoms with Gasteiger partial charge in [0.15, 0.2) is 11.5 Å². The molecule has 1 aromatic heterocycles. The molecular formula is C36H36N4O3. The van der Waals surface area contributed by atoms with Crippen molar-refractivity contribution in [3.8, 4) is 11.5 Å². The molecule has 43 heavy (non-hydrogen) atoms. The van der Waals surface area contributed by atoms with E-state index in [0.29, 0.717) is 13.1 Å². The van der Waals surface area contributed by atoms with Gasteiger partial charge in [-0.1, -0.05) is 78.9 Å². The standard InChI is InChI=1S/C36H36N4O3/c1-42-32-23-27-18-21-40(22-20-38-36(41)39-31-17-19-37-30-16-10-9-15-28(30)31)35(29(27)24-33(32)43-2)34(25-11-5-3-6-12-25)26-13-7-4-8-14-26/h3-17,19,23-24,34-35H,18,20-22H2,1-2H3,(H2,37,38,39,41). The maximum Gasteiger partial charge on any atom is 0.319 e. The number of nitrogens with zero attached hydrogens (tertiary/aromatic N) is 2. The molecule has 5 aromatic rings. The van der Waals surface area contributed by atoms with Crippen LogP contribution in [0.5, 0.6) is 11.5 Å². The minimum atomic E-state index is -0.237. The fourth-order valence-electron chi connectivity index (χ4n) is 6.23. The molecule has 1 unspecified atom stereocenters. The van der Waals surface area contributed by atoms with Crippen LogP contribution in [0.4, 0.5) is 10.5 Å².